The Morgan fingerprint density at radius 1 is 1.25 bits per heavy atom. The average Bonchev–Trinajstić information content (AvgIpc) is 2.70. The van der Waals surface area contributed by atoms with E-state index in [2.05, 4.69) is 5.32 Å². The maximum absolute atomic E-state index is 12.7. The van der Waals surface area contributed by atoms with E-state index in [1.807, 2.05) is 0 Å². The van der Waals surface area contributed by atoms with Crippen molar-refractivity contribution in [2.24, 2.45) is 0 Å². The van der Waals surface area contributed by atoms with Crippen LogP contribution in [-0.2, 0) is 14.4 Å². The lowest BCUT2D eigenvalue weighted by Crippen LogP contribution is -2.50. The van der Waals surface area contributed by atoms with Gasteiger partial charge < -0.3 is 20.4 Å². The van der Waals surface area contributed by atoms with Crippen LogP contribution < -0.4 is 5.32 Å². The van der Waals surface area contributed by atoms with Gasteiger partial charge in [0.25, 0.3) is 5.91 Å². The topological polar surface area (TPSA) is 127 Å². The van der Waals surface area contributed by atoms with E-state index in [9.17, 15) is 24.3 Å². The number of carbonyl (C=O) groups excluding carboxylic acids is 3. The first-order valence-corrected chi connectivity index (χ1v) is 7.94. The summed E-state index contributed by atoms with van der Waals surface area (Å²) in [5.74, 6) is -2.55. The largest absolute Gasteiger partial charge is 0.479 e. The SMILES string of the molecule is CN1C(=O)N(CC(=O)NCC(C)(O)C(=O)O)C(=O)C12CCCCC2. The maximum Gasteiger partial charge on any atom is 0.337 e. The van der Waals surface area contributed by atoms with E-state index in [-0.39, 0.29) is 5.91 Å². The lowest BCUT2D eigenvalue weighted by Gasteiger charge is -2.35. The lowest BCUT2D eigenvalue weighted by atomic mass is 9.81. The third-order valence-corrected chi connectivity index (χ3v) is 4.88. The predicted molar refractivity (Wildman–Crippen MR) is 82.0 cm³/mol. The molecule has 0 radical (unpaired) electrons. The Bertz CT molecular complexity index is 568. The van der Waals surface area contributed by atoms with Crippen LogP contribution in [0.15, 0.2) is 0 Å². The van der Waals surface area contributed by atoms with E-state index in [0.717, 1.165) is 31.1 Å². The zero-order valence-electron chi connectivity index (χ0n) is 13.9. The van der Waals surface area contributed by atoms with Gasteiger partial charge in [-0.25, -0.2) is 9.59 Å². The van der Waals surface area contributed by atoms with Crippen LogP contribution in [0.4, 0.5) is 4.79 Å². The summed E-state index contributed by atoms with van der Waals surface area (Å²) in [4.78, 5) is 50.1. The normalized spacial score (nSPS) is 22.6. The summed E-state index contributed by atoms with van der Waals surface area (Å²) in [5, 5.41) is 20.6. The molecule has 1 aliphatic heterocycles. The van der Waals surface area contributed by atoms with Crippen LogP contribution in [0.2, 0.25) is 0 Å². The molecule has 134 valence electrons. The van der Waals surface area contributed by atoms with E-state index >= 15 is 0 Å². The number of urea groups is 1. The number of nitrogens with zero attached hydrogens (tertiary/aromatic N) is 2. The fraction of sp³-hybridized carbons (Fsp3) is 0.733. The highest BCUT2D eigenvalue weighted by Crippen LogP contribution is 2.39. The Kier molecular flexibility index (Phi) is 4.84. The predicted octanol–water partition coefficient (Wildman–Crippen LogP) is -0.465. The molecule has 2 aliphatic rings. The Hall–Kier alpha value is -2.16. The smallest absolute Gasteiger partial charge is 0.337 e. The first-order chi connectivity index (χ1) is 11.1. The van der Waals surface area contributed by atoms with Crippen LogP contribution in [0.25, 0.3) is 0 Å². The fourth-order valence-corrected chi connectivity index (χ4v) is 3.22. The van der Waals surface area contributed by atoms with Crippen molar-refractivity contribution in [3.63, 3.8) is 0 Å². The molecule has 1 saturated carbocycles. The first-order valence-electron chi connectivity index (χ1n) is 7.94. The summed E-state index contributed by atoms with van der Waals surface area (Å²) in [5.41, 5.74) is -2.97. The van der Waals surface area contributed by atoms with Crippen molar-refractivity contribution in [2.45, 2.75) is 50.2 Å². The van der Waals surface area contributed by atoms with Crippen LogP contribution in [0.5, 0.6) is 0 Å². The molecule has 4 amide bonds. The molecule has 1 aliphatic carbocycles. The standard InChI is InChI=1S/C15H23N3O6/c1-14(24,12(21)22)9-16-10(19)8-18-11(20)15(17(2)13(18)23)6-4-3-5-7-15/h24H,3-9H2,1-2H3,(H,16,19)(H,21,22). The van der Waals surface area contributed by atoms with Gasteiger partial charge in [0.05, 0.1) is 6.54 Å². The minimum atomic E-state index is -2.12. The number of amides is 4. The summed E-state index contributed by atoms with van der Waals surface area (Å²) in [6.07, 6.45) is 3.89. The third kappa shape index (κ3) is 3.08. The van der Waals surface area contributed by atoms with Gasteiger partial charge >= 0.3 is 12.0 Å². The summed E-state index contributed by atoms with van der Waals surface area (Å²) in [6.45, 7) is 0.0460. The molecule has 0 aromatic carbocycles. The van der Waals surface area contributed by atoms with Gasteiger partial charge in [-0.3, -0.25) is 14.5 Å². The van der Waals surface area contributed by atoms with Gasteiger partial charge in [0.1, 0.15) is 12.1 Å². The molecule has 1 atom stereocenters. The van der Waals surface area contributed by atoms with Gasteiger partial charge in [-0.2, -0.15) is 0 Å². The van der Waals surface area contributed by atoms with Crippen LogP contribution in [0.3, 0.4) is 0 Å². The van der Waals surface area contributed by atoms with E-state index in [1.54, 1.807) is 7.05 Å². The molecule has 0 aromatic rings. The number of hydrogen-bond acceptors (Lipinski definition) is 5. The molecule has 0 aromatic heterocycles. The minimum Gasteiger partial charge on any atom is -0.479 e. The van der Waals surface area contributed by atoms with Gasteiger partial charge in [0.15, 0.2) is 5.60 Å². The summed E-state index contributed by atoms with van der Waals surface area (Å²) in [7, 11) is 1.57. The molecule has 2 fully saturated rings. The fourth-order valence-electron chi connectivity index (χ4n) is 3.22. The minimum absolute atomic E-state index is 0.380. The third-order valence-electron chi connectivity index (χ3n) is 4.88. The van der Waals surface area contributed by atoms with Crippen molar-refractivity contribution in [3.05, 3.63) is 0 Å². The zero-order chi connectivity index (χ0) is 18.1. The van der Waals surface area contributed by atoms with E-state index in [1.165, 1.54) is 4.90 Å². The Morgan fingerprint density at radius 3 is 2.38 bits per heavy atom. The first kappa shape index (κ1) is 18.2. The number of nitrogens with one attached hydrogen (secondary N) is 1. The summed E-state index contributed by atoms with van der Waals surface area (Å²) >= 11 is 0. The molecule has 1 unspecified atom stereocenters. The van der Waals surface area contributed by atoms with Gasteiger partial charge in [0, 0.05) is 7.05 Å². The summed E-state index contributed by atoms with van der Waals surface area (Å²) in [6, 6.07) is -0.526. The molecule has 9 heteroatoms. The number of rotatable bonds is 5. The van der Waals surface area contributed by atoms with E-state index in [4.69, 9.17) is 5.11 Å². The van der Waals surface area contributed by atoms with Crippen molar-refractivity contribution < 1.29 is 29.4 Å². The number of likely N-dealkylation sites (N-methyl/N-ethyl adjacent to an activating group) is 1. The van der Waals surface area contributed by atoms with E-state index in [0.29, 0.717) is 12.8 Å². The second-order valence-electron chi connectivity index (χ2n) is 6.68. The van der Waals surface area contributed by atoms with Crippen molar-refractivity contribution >= 4 is 23.8 Å². The van der Waals surface area contributed by atoms with Crippen molar-refractivity contribution in [2.75, 3.05) is 20.1 Å². The molecule has 0 bridgehead atoms. The number of aliphatic hydroxyl groups is 1. The zero-order valence-corrected chi connectivity index (χ0v) is 13.9. The number of carbonyl (C=O) groups is 4. The van der Waals surface area contributed by atoms with Gasteiger partial charge in [-0.1, -0.05) is 19.3 Å². The highest BCUT2D eigenvalue weighted by Gasteiger charge is 2.55. The van der Waals surface area contributed by atoms with Crippen LogP contribution in [-0.4, -0.2) is 75.1 Å². The number of hydrogen-bond donors (Lipinski definition) is 3. The quantitative estimate of drug-likeness (QED) is 0.581. The molecule has 9 nitrogen and oxygen atoms in total. The molecule has 3 N–H and O–H groups in total. The summed E-state index contributed by atoms with van der Waals surface area (Å²) < 4.78 is 0. The molecular formula is C15H23N3O6. The Balaban J connectivity index is 2.02. The Labute approximate surface area is 139 Å². The van der Waals surface area contributed by atoms with Gasteiger partial charge in [-0.15, -0.1) is 0 Å². The van der Waals surface area contributed by atoms with Gasteiger partial charge in [-0.05, 0) is 19.8 Å². The van der Waals surface area contributed by atoms with Crippen LogP contribution in [0.1, 0.15) is 39.0 Å². The maximum atomic E-state index is 12.7. The lowest BCUT2D eigenvalue weighted by molar-refractivity contribution is -0.156. The molecule has 1 spiro atoms. The molecule has 1 saturated heterocycles. The Morgan fingerprint density at radius 2 is 1.83 bits per heavy atom. The number of carboxylic acids is 1. The molecule has 24 heavy (non-hydrogen) atoms. The highest BCUT2D eigenvalue weighted by molar-refractivity contribution is 6.09. The van der Waals surface area contributed by atoms with Crippen molar-refractivity contribution in [3.8, 4) is 0 Å². The highest BCUT2D eigenvalue weighted by atomic mass is 16.4. The van der Waals surface area contributed by atoms with Crippen molar-refractivity contribution in [1.82, 2.24) is 15.1 Å². The molecule has 2 rings (SSSR count). The van der Waals surface area contributed by atoms with Crippen LogP contribution >= 0.6 is 0 Å². The average molecular weight is 341 g/mol. The second kappa shape index (κ2) is 6.39. The second-order valence-corrected chi connectivity index (χ2v) is 6.68. The van der Waals surface area contributed by atoms with Crippen LogP contribution in [0, 0.1) is 0 Å². The number of carboxylic acid groups (broad SMARTS) is 1. The van der Waals surface area contributed by atoms with E-state index < -0.39 is 42.1 Å². The molecule has 1 heterocycles. The monoisotopic (exact) mass is 341 g/mol. The molecular weight excluding hydrogens is 318 g/mol. The van der Waals surface area contributed by atoms with Crippen molar-refractivity contribution in [1.29, 1.82) is 0 Å². The number of imide groups is 1. The van der Waals surface area contributed by atoms with Gasteiger partial charge in [0.2, 0.25) is 5.91 Å². The number of aliphatic carboxylic acids is 1.